The summed E-state index contributed by atoms with van der Waals surface area (Å²) in [5, 5.41) is 5.56. The van der Waals surface area contributed by atoms with Crippen molar-refractivity contribution in [3.63, 3.8) is 0 Å². The van der Waals surface area contributed by atoms with Crippen LogP contribution in [0, 0.1) is 0 Å². The van der Waals surface area contributed by atoms with E-state index in [1.165, 1.54) is 7.11 Å². The van der Waals surface area contributed by atoms with Crippen LogP contribution in [-0.4, -0.2) is 38.1 Å². The predicted octanol–water partition coefficient (Wildman–Crippen LogP) is -0.170. The molecule has 1 atom stereocenters. The molecule has 0 fully saturated rings. The highest BCUT2D eigenvalue weighted by atomic mass is 16.5. The molecule has 0 radical (unpaired) electrons. The minimum atomic E-state index is -0.324. The lowest BCUT2D eigenvalue weighted by molar-refractivity contribution is -0.140. The van der Waals surface area contributed by atoms with Gasteiger partial charge in [0.15, 0.2) is 0 Å². The van der Waals surface area contributed by atoms with Crippen LogP contribution in [0.1, 0.15) is 13.3 Å². The van der Waals surface area contributed by atoms with E-state index in [0.29, 0.717) is 13.1 Å². The molecule has 0 aliphatic carbocycles. The summed E-state index contributed by atoms with van der Waals surface area (Å²) in [7, 11) is 1.34. The maximum atomic E-state index is 11.3. The van der Waals surface area contributed by atoms with Crippen LogP contribution in [0.5, 0.6) is 0 Å². The smallest absolute Gasteiger partial charge is 0.306 e. The SMILES string of the molecule is C=CCNC(=O)C(C)NCCC(=O)OC. The van der Waals surface area contributed by atoms with Crippen LogP contribution in [0.15, 0.2) is 12.7 Å². The first kappa shape index (κ1) is 13.6. The molecule has 2 N–H and O–H groups in total. The van der Waals surface area contributed by atoms with Gasteiger partial charge in [-0.2, -0.15) is 0 Å². The van der Waals surface area contributed by atoms with Gasteiger partial charge in [-0.15, -0.1) is 6.58 Å². The molecule has 0 aliphatic heterocycles. The van der Waals surface area contributed by atoms with Crippen LogP contribution < -0.4 is 10.6 Å². The summed E-state index contributed by atoms with van der Waals surface area (Å²) in [6.07, 6.45) is 1.87. The molecule has 1 amide bonds. The Kier molecular flexibility index (Phi) is 7.27. The van der Waals surface area contributed by atoms with Crippen LogP contribution in [-0.2, 0) is 14.3 Å². The van der Waals surface area contributed by atoms with Gasteiger partial charge in [0.1, 0.15) is 0 Å². The van der Waals surface area contributed by atoms with Gasteiger partial charge in [-0.3, -0.25) is 9.59 Å². The van der Waals surface area contributed by atoms with E-state index in [2.05, 4.69) is 21.9 Å². The van der Waals surface area contributed by atoms with E-state index in [1.54, 1.807) is 13.0 Å². The molecule has 0 aromatic heterocycles. The normalized spacial score (nSPS) is 11.6. The third-order valence-electron chi connectivity index (χ3n) is 1.82. The van der Waals surface area contributed by atoms with Gasteiger partial charge in [0.05, 0.1) is 19.6 Å². The summed E-state index contributed by atoms with van der Waals surface area (Å²) in [5.74, 6) is -0.402. The van der Waals surface area contributed by atoms with Gasteiger partial charge < -0.3 is 15.4 Å². The second-order valence-electron chi connectivity index (χ2n) is 3.04. The van der Waals surface area contributed by atoms with E-state index >= 15 is 0 Å². The lowest BCUT2D eigenvalue weighted by Gasteiger charge is -2.12. The molecule has 0 heterocycles. The van der Waals surface area contributed by atoms with Crippen LogP contribution in [0.3, 0.4) is 0 Å². The Morgan fingerprint density at radius 1 is 1.53 bits per heavy atom. The van der Waals surface area contributed by atoms with E-state index in [4.69, 9.17) is 0 Å². The molecule has 0 aromatic rings. The van der Waals surface area contributed by atoms with E-state index in [9.17, 15) is 9.59 Å². The fourth-order valence-corrected chi connectivity index (χ4v) is 0.911. The van der Waals surface area contributed by atoms with Gasteiger partial charge in [0.2, 0.25) is 5.91 Å². The zero-order valence-electron chi connectivity index (χ0n) is 9.21. The van der Waals surface area contributed by atoms with Crippen molar-refractivity contribution in [1.82, 2.24) is 10.6 Å². The van der Waals surface area contributed by atoms with Gasteiger partial charge in [-0.05, 0) is 6.92 Å². The van der Waals surface area contributed by atoms with Crippen molar-refractivity contribution >= 4 is 11.9 Å². The summed E-state index contributed by atoms with van der Waals surface area (Å²) >= 11 is 0. The fourth-order valence-electron chi connectivity index (χ4n) is 0.911. The summed E-state index contributed by atoms with van der Waals surface area (Å²) in [4.78, 5) is 22.1. The molecule has 86 valence electrons. The van der Waals surface area contributed by atoms with Crippen molar-refractivity contribution in [3.8, 4) is 0 Å². The number of hydrogen-bond donors (Lipinski definition) is 2. The highest BCUT2D eigenvalue weighted by Gasteiger charge is 2.11. The Labute approximate surface area is 89.9 Å². The highest BCUT2D eigenvalue weighted by Crippen LogP contribution is 1.86. The standard InChI is InChI=1S/C10H18N2O3/c1-4-6-12-10(14)8(2)11-7-5-9(13)15-3/h4,8,11H,1,5-7H2,2-3H3,(H,12,14). The monoisotopic (exact) mass is 214 g/mol. The van der Waals surface area contributed by atoms with Crippen LogP contribution in [0.4, 0.5) is 0 Å². The molecule has 0 aromatic carbocycles. The minimum absolute atomic E-state index is 0.111. The number of ether oxygens (including phenoxy) is 1. The minimum Gasteiger partial charge on any atom is -0.469 e. The molecule has 0 saturated heterocycles. The van der Waals surface area contributed by atoms with Crippen molar-refractivity contribution < 1.29 is 14.3 Å². The summed E-state index contributed by atoms with van der Waals surface area (Å²) in [5.41, 5.74) is 0. The second-order valence-corrected chi connectivity index (χ2v) is 3.04. The van der Waals surface area contributed by atoms with Crippen LogP contribution in [0.25, 0.3) is 0 Å². The summed E-state index contributed by atoms with van der Waals surface area (Å²) in [6, 6.07) is -0.324. The summed E-state index contributed by atoms with van der Waals surface area (Å²) in [6.45, 7) is 6.10. The molecule has 0 bridgehead atoms. The quantitative estimate of drug-likeness (QED) is 0.456. The largest absolute Gasteiger partial charge is 0.469 e. The fraction of sp³-hybridized carbons (Fsp3) is 0.600. The van der Waals surface area contributed by atoms with Gasteiger partial charge in [-0.1, -0.05) is 6.08 Å². The Balaban J connectivity index is 3.63. The maximum Gasteiger partial charge on any atom is 0.306 e. The van der Waals surface area contributed by atoms with Crippen molar-refractivity contribution in [3.05, 3.63) is 12.7 Å². The van der Waals surface area contributed by atoms with Gasteiger partial charge in [0, 0.05) is 13.1 Å². The third-order valence-corrected chi connectivity index (χ3v) is 1.82. The van der Waals surface area contributed by atoms with Gasteiger partial charge in [0.25, 0.3) is 0 Å². The number of methoxy groups -OCH3 is 1. The Bertz CT molecular complexity index is 229. The van der Waals surface area contributed by atoms with Gasteiger partial charge >= 0.3 is 5.97 Å². The lowest BCUT2D eigenvalue weighted by Crippen LogP contribution is -2.42. The Hall–Kier alpha value is -1.36. The molecule has 0 saturated carbocycles. The zero-order chi connectivity index (χ0) is 11.7. The molecular formula is C10H18N2O3. The first-order valence-corrected chi connectivity index (χ1v) is 4.80. The lowest BCUT2D eigenvalue weighted by atomic mass is 10.3. The maximum absolute atomic E-state index is 11.3. The first-order valence-electron chi connectivity index (χ1n) is 4.80. The van der Waals surface area contributed by atoms with Crippen LogP contribution >= 0.6 is 0 Å². The first-order chi connectivity index (χ1) is 7.11. The van der Waals surface area contributed by atoms with E-state index in [-0.39, 0.29) is 24.3 Å². The summed E-state index contributed by atoms with van der Waals surface area (Å²) < 4.78 is 4.46. The molecule has 1 unspecified atom stereocenters. The second kappa shape index (κ2) is 7.99. The third kappa shape index (κ3) is 6.68. The van der Waals surface area contributed by atoms with E-state index in [1.807, 2.05) is 0 Å². The molecule has 0 aliphatic rings. The molecule has 5 nitrogen and oxygen atoms in total. The number of hydrogen-bond acceptors (Lipinski definition) is 4. The van der Waals surface area contributed by atoms with Crippen molar-refractivity contribution in [2.75, 3.05) is 20.2 Å². The van der Waals surface area contributed by atoms with Crippen molar-refractivity contribution in [1.29, 1.82) is 0 Å². The zero-order valence-corrected chi connectivity index (χ0v) is 9.21. The molecule has 5 heteroatoms. The van der Waals surface area contributed by atoms with Crippen LogP contribution in [0.2, 0.25) is 0 Å². The Morgan fingerprint density at radius 3 is 2.73 bits per heavy atom. The Morgan fingerprint density at radius 2 is 2.20 bits per heavy atom. The number of esters is 1. The molecule has 0 spiro atoms. The number of amides is 1. The van der Waals surface area contributed by atoms with E-state index < -0.39 is 0 Å². The molecular weight excluding hydrogens is 196 g/mol. The topological polar surface area (TPSA) is 67.4 Å². The van der Waals surface area contributed by atoms with E-state index in [0.717, 1.165) is 0 Å². The highest BCUT2D eigenvalue weighted by molar-refractivity contribution is 5.81. The average Bonchev–Trinajstić information content (AvgIpc) is 2.25. The predicted molar refractivity (Wildman–Crippen MR) is 57.3 cm³/mol. The van der Waals surface area contributed by atoms with Gasteiger partial charge in [-0.25, -0.2) is 0 Å². The number of rotatable bonds is 7. The molecule has 0 rings (SSSR count). The number of carbonyl (C=O) groups excluding carboxylic acids is 2. The number of nitrogens with one attached hydrogen (secondary N) is 2. The average molecular weight is 214 g/mol. The van der Waals surface area contributed by atoms with Crippen molar-refractivity contribution in [2.24, 2.45) is 0 Å². The molecule has 15 heavy (non-hydrogen) atoms. The van der Waals surface area contributed by atoms with Crippen molar-refractivity contribution in [2.45, 2.75) is 19.4 Å². The number of carbonyl (C=O) groups is 2.